The number of amides is 1. The lowest BCUT2D eigenvalue weighted by molar-refractivity contribution is -0.123. The SMILES string of the molecule is Cl.O=C(NCCc1nc(-c2cccc(Cl)c2)no1)C1CC12CCNCC2. The summed E-state index contributed by atoms with van der Waals surface area (Å²) in [5.41, 5.74) is 1.08. The predicted molar refractivity (Wildman–Crippen MR) is 101 cm³/mol. The van der Waals surface area contributed by atoms with Gasteiger partial charge in [0.05, 0.1) is 0 Å². The van der Waals surface area contributed by atoms with Gasteiger partial charge in [0, 0.05) is 29.5 Å². The summed E-state index contributed by atoms with van der Waals surface area (Å²) >= 11 is 5.98. The summed E-state index contributed by atoms with van der Waals surface area (Å²) in [6, 6.07) is 7.33. The molecule has 0 bridgehead atoms. The Morgan fingerprint density at radius 3 is 2.96 bits per heavy atom. The fourth-order valence-corrected chi connectivity index (χ4v) is 3.90. The van der Waals surface area contributed by atoms with Crippen molar-refractivity contribution >= 4 is 29.9 Å². The van der Waals surface area contributed by atoms with Gasteiger partial charge in [0.25, 0.3) is 0 Å². The standard InChI is InChI=1S/C18H21ClN4O2.ClH/c19-13-3-1-2-12(10-13)16-22-15(25-23-16)4-7-21-17(24)14-11-18(14)5-8-20-9-6-18;/h1-3,10,14,20H,4-9,11H2,(H,21,24);1H. The Morgan fingerprint density at radius 2 is 2.19 bits per heavy atom. The number of nitrogens with zero attached hydrogens (tertiary/aromatic N) is 2. The molecule has 26 heavy (non-hydrogen) atoms. The van der Waals surface area contributed by atoms with E-state index >= 15 is 0 Å². The lowest BCUT2D eigenvalue weighted by atomic mass is 9.92. The van der Waals surface area contributed by atoms with Crippen molar-refractivity contribution in [3.8, 4) is 11.4 Å². The van der Waals surface area contributed by atoms with Gasteiger partial charge in [-0.2, -0.15) is 4.98 Å². The Labute approximate surface area is 163 Å². The van der Waals surface area contributed by atoms with Crippen molar-refractivity contribution in [1.82, 2.24) is 20.8 Å². The van der Waals surface area contributed by atoms with E-state index in [-0.39, 0.29) is 29.6 Å². The second kappa shape index (κ2) is 7.94. The zero-order valence-corrected chi connectivity index (χ0v) is 15.9. The highest BCUT2D eigenvalue weighted by molar-refractivity contribution is 6.30. The molecule has 1 amide bonds. The average molecular weight is 397 g/mol. The maximum atomic E-state index is 12.3. The number of nitrogens with one attached hydrogen (secondary N) is 2. The number of carbonyl (C=O) groups is 1. The van der Waals surface area contributed by atoms with Gasteiger partial charge in [-0.1, -0.05) is 28.9 Å². The first-order valence-corrected chi connectivity index (χ1v) is 9.11. The summed E-state index contributed by atoms with van der Waals surface area (Å²) in [5.74, 6) is 1.37. The van der Waals surface area contributed by atoms with E-state index in [0.29, 0.717) is 29.7 Å². The number of hydrogen-bond acceptors (Lipinski definition) is 5. The minimum atomic E-state index is 0. The highest BCUT2D eigenvalue weighted by Crippen LogP contribution is 2.58. The fourth-order valence-electron chi connectivity index (χ4n) is 3.71. The topological polar surface area (TPSA) is 80.1 Å². The van der Waals surface area contributed by atoms with Gasteiger partial charge in [0.1, 0.15) is 0 Å². The van der Waals surface area contributed by atoms with E-state index in [0.717, 1.165) is 37.9 Å². The van der Waals surface area contributed by atoms with Crippen molar-refractivity contribution in [2.45, 2.75) is 25.7 Å². The Morgan fingerprint density at radius 1 is 1.38 bits per heavy atom. The Hall–Kier alpha value is -1.63. The molecule has 140 valence electrons. The van der Waals surface area contributed by atoms with Crippen LogP contribution in [0.4, 0.5) is 0 Å². The zero-order valence-electron chi connectivity index (χ0n) is 14.3. The number of piperidine rings is 1. The monoisotopic (exact) mass is 396 g/mol. The molecule has 0 radical (unpaired) electrons. The lowest BCUT2D eigenvalue weighted by Gasteiger charge is -2.23. The third kappa shape index (κ3) is 4.03. The van der Waals surface area contributed by atoms with Gasteiger partial charge in [-0.25, -0.2) is 0 Å². The number of benzene rings is 1. The largest absolute Gasteiger partial charge is 0.355 e. The first kappa shape index (κ1) is 19.1. The Bertz CT molecular complexity index is 774. The van der Waals surface area contributed by atoms with Crippen LogP contribution in [-0.2, 0) is 11.2 Å². The molecule has 1 saturated carbocycles. The summed E-state index contributed by atoms with van der Waals surface area (Å²) in [6.07, 6.45) is 3.77. The Balaban J connectivity index is 0.00000196. The van der Waals surface area contributed by atoms with E-state index in [1.165, 1.54) is 0 Å². The molecule has 1 unspecified atom stereocenters. The molecule has 6 nitrogen and oxygen atoms in total. The number of aromatic nitrogens is 2. The molecule has 1 aliphatic carbocycles. The molecule has 2 heterocycles. The molecule has 2 aromatic rings. The maximum Gasteiger partial charge on any atom is 0.228 e. The molecule has 1 aromatic carbocycles. The maximum absolute atomic E-state index is 12.3. The van der Waals surface area contributed by atoms with Crippen LogP contribution in [0, 0.1) is 11.3 Å². The summed E-state index contributed by atoms with van der Waals surface area (Å²) < 4.78 is 5.26. The van der Waals surface area contributed by atoms with Gasteiger partial charge in [-0.15, -0.1) is 12.4 Å². The molecule has 1 spiro atoms. The van der Waals surface area contributed by atoms with Crippen LogP contribution < -0.4 is 10.6 Å². The van der Waals surface area contributed by atoms with Crippen LogP contribution in [0.1, 0.15) is 25.2 Å². The van der Waals surface area contributed by atoms with Gasteiger partial charge in [-0.05, 0) is 49.9 Å². The molecular formula is C18H22Cl2N4O2. The number of rotatable bonds is 5. The molecule has 4 rings (SSSR count). The predicted octanol–water partition coefficient (Wildman–Crippen LogP) is 2.86. The van der Waals surface area contributed by atoms with Crippen LogP contribution in [0.25, 0.3) is 11.4 Å². The molecule has 2 N–H and O–H groups in total. The molecule has 1 aliphatic heterocycles. The Kier molecular flexibility index (Phi) is 5.85. The van der Waals surface area contributed by atoms with E-state index in [1.807, 2.05) is 12.1 Å². The molecule has 8 heteroatoms. The van der Waals surface area contributed by atoms with Gasteiger partial charge < -0.3 is 15.2 Å². The molecule has 2 aliphatic rings. The fraction of sp³-hybridized carbons (Fsp3) is 0.500. The zero-order chi connectivity index (χ0) is 17.3. The van der Waals surface area contributed by atoms with Crippen LogP contribution >= 0.6 is 24.0 Å². The number of hydrogen-bond donors (Lipinski definition) is 2. The van der Waals surface area contributed by atoms with Crippen LogP contribution in [0.2, 0.25) is 5.02 Å². The van der Waals surface area contributed by atoms with Crippen molar-refractivity contribution in [2.24, 2.45) is 11.3 Å². The summed E-state index contributed by atoms with van der Waals surface area (Å²) in [4.78, 5) is 16.7. The average Bonchev–Trinajstić information content (AvgIpc) is 3.10. The second-order valence-corrected chi connectivity index (χ2v) is 7.37. The van der Waals surface area contributed by atoms with Gasteiger partial charge >= 0.3 is 0 Å². The van der Waals surface area contributed by atoms with Crippen LogP contribution in [0.5, 0.6) is 0 Å². The third-order valence-electron chi connectivity index (χ3n) is 5.29. The third-order valence-corrected chi connectivity index (χ3v) is 5.53. The van der Waals surface area contributed by atoms with E-state index in [2.05, 4.69) is 20.8 Å². The van der Waals surface area contributed by atoms with Gasteiger partial charge in [0.2, 0.25) is 17.6 Å². The molecule has 1 atom stereocenters. The first-order valence-electron chi connectivity index (χ1n) is 8.73. The second-order valence-electron chi connectivity index (χ2n) is 6.93. The minimum absolute atomic E-state index is 0. The summed E-state index contributed by atoms with van der Waals surface area (Å²) in [5, 5.41) is 11.0. The summed E-state index contributed by atoms with van der Waals surface area (Å²) in [6.45, 7) is 2.57. The van der Waals surface area contributed by atoms with Crippen LogP contribution in [0.3, 0.4) is 0 Å². The van der Waals surface area contributed by atoms with E-state index in [1.54, 1.807) is 12.1 Å². The smallest absolute Gasteiger partial charge is 0.228 e. The van der Waals surface area contributed by atoms with Gasteiger partial charge in [0.15, 0.2) is 0 Å². The molecular weight excluding hydrogens is 375 g/mol. The number of carbonyl (C=O) groups excluding carboxylic acids is 1. The van der Waals surface area contributed by atoms with Crippen molar-refractivity contribution in [3.05, 3.63) is 35.2 Å². The molecule has 1 saturated heterocycles. The van der Waals surface area contributed by atoms with Crippen LogP contribution in [0.15, 0.2) is 28.8 Å². The first-order chi connectivity index (χ1) is 12.2. The molecule has 2 fully saturated rings. The summed E-state index contributed by atoms with van der Waals surface area (Å²) in [7, 11) is 0. The van der Waals surface area contributed by atoms with Crippen molar-refractivity contribution < 1.29 is 9.32 Å². The van der Waals surface area contributed by atoms with E-state index in [4.69, 9.17) is 16.1 Å². The van der Waals surface area contributed by atoms with E-state index in [9.17, 15) is 4.79 Å². The highest BCUT2D eigenvalue weighted by Gasteiger charge is 2.57. The van der Waals surface area contributed by atoms with Crippen molar-refractivity contribution in [1.29, 1.82) is 0 Å². The normalized spacial score (nSPS) is 20.4. The van der Waals surface area contributed by atoms with Crippen LogP contribution in [-0.4, -0.2) is 35.7 Å². The lowest BCUT2D eigenvalue weighted by Crippen LogP contribution is -2.34. The quantitative estimate of drug-likeness (QED) is 0.811. The van der Waals surface area contributed by atoms with Crippen molar-refractivity contribution in [3.63, 3.8) is 0 Å². The molecule has 1 aromatic heterocycles. The number of halogens is 2. The highest BCUT2D eigenvalue weighted by atomic mass is 35.5. The minimum Gasteiger partial charge on any atom is -0.355 e. The van der Waals surface area contributed by atoms with Crippen molar-refractivity contribution in [2.75, 3.05) is 19.6 Å². The van der Waals surface area contributed by atoms with E-state index < -0.39 is 0 Å². The van der Waals surface area contributed by atoms with Gasteiger partial charge in [-0.3, -0.25) is 4.79 Å².